The minimum Gasteiger partial charge on any atom is -0.465 e. The molecule has 3 aliphatic heterocycles. The fraction of sp³-hybridized carbons (Fsp3) is 0.690. The monoisotopic (exact) mass is 530 g/mol. The number of ether oxygens (including phenoxy) is 5. The van der Waals surface area contributed by atoms with Crippen LogP contribution in [-0.2, 0) is 38.1 Å². The van der Waals surface area contributed by atoms with Crippen LogP contribution in [0.3, 0.4) is 0 Å². The number of rotatable bonds is 1. The lowest BCUT2D eigenvalue weighted by atomic mass is 9.51. The van der Waals surface area contributed by atoms with E-state index in [0.29, 0.717) is 19.4 Å². The number of allylic oxidation sites excluding steroid dienone is 3. The molecular formula is C29H38O9. The molecule has 0 aromatic heterocycles. The molecule has 2 aliphatic carbocycles. The molecule has 0 radical (unpaired) electrons. The van der Waals surface area contributed by atoms with Crippen LogP contribution < -0.4 is 0 Å². The van der Waals surface area contributed by atoms with Crippen molar-refractivity contribution < 1.29 is 43.2 Å². The number of aliphatic hydroxyl groups excluding tert-OH is 1. The van der Waals surface area contributed by atoms with E-state index in [-0.39, 0.29) is 37.6 Å². The molecular weight excluding hydrogens is 492 g/mol. The number of epoxide rings is 1. The minimum absolute atomic E-state index is 0.0722. The number of carbonyl (C=O) groups excluding carboxylic acids is 3. The average Bonchev–Trinajstić information content (AvgIpc) is 3.64. The Bertz CT molecular complexity index is 1070. The van der Waals surface area contributed by atoms with Crippen LogP contribution in [0.5, 0.6) is 0 Å². The van der Waals surface area contributed by atoms with Gasteiger partial charge in [0.2, 0.25) is 0 Å². The Morgan fingerprint density at radius 2 is 1.89 bits per heavy atom. The Hall–Kier alpha value is -2.33. The Morgan fingerprint density at radius 3 is 2.61 bits per heavy atom. The van der Waals surface area contributed by atoms with E-state index in [0.717, 1.165) is 6.42 Å². The van der Waals surface area contributed by atoms with Gasteiger partial charge in [0, 0.05) is 23.8 Å². The summed E-state index contributed by atoms with van der Waals surface area (Å²) in [6.07, 6.45) is 7.35. The standard InChI is InChI=1S/C29H38O9/c1-17-9-10-28-15-35-26(33)12-18(2)20(31)14-34-21(19(3)30)7-5-6-8-25(32)38-22-13-24(37-23(28)11-17)29(16-36-29)27(22,28)4/h5-8,11,18-19,21-24,30H,9-10,12-16H2,1-4H3/b7-5-,8-6-/t18?,19?,21?,22-,23-,24-,27-,28-,29+/m1/s1. The third-order valence-corrected chi connectivity index (χ3v) is 9.53. The van der Waals surface area contributed by atoms with Crippen molar-refractivity contribution >= 4 is 17.7 Å². The van der Waals surface area contributed by atoms with Gasteiger partial charge in [-0.15, -0.1) is 0 Å². The predicted octanol–water partition coefficient (Wildman–Crippen LogP) is 2.60. The fourth-order valence-corrected chi connectivity index (χ4v) is 6.93. The summed E-state index contributed by atoms with van der Waals surface area (Å²) in [7, 11) is 0. The van der Waals surface area contributed by atoms with Crippen molar-refractivity contribution in [1.29, 1.82) is 0 Å². The van der Waals surface area contributed by atoms with Gasteiger partial charge in [0.05, 0.1) is 36.8 Å². The molecule has 0 amide bonds. The van der Waals surface area contributed by atoms with Gasteiger partial charge >= 0.3 is 11.9 Å². The minimum atomic E-state index is -0.880. The highest BCUT2D eigenvalue weighted by Crippen LogP contribution is 2.72. The zero-order chi connectivity index (χ0) is 27.3. The van der Waals surface area contributed by atoms with E-state index >= 15 is 0 Å². The quantitative estimate of drug-likeness (QED) is 0.310. The molecule has 2 bridgehead atoms. The molecule has 1 N–H and O–H groups in total. The van der Waals surface area contributed by atoms with E-state index in [2.05, 4.69) is 19.9 Å². The van der Waals surface area contributed by atoms with Gasteiger partial charge < -0.3 is 28.8 Å². The van der Waals surface area contributed by atoms with Gasteiger partial charge in [0.25, 0.3) is 0 Å². The molecule has 3 fully saturated rings. The molecule has 9 heteroatoms. The molecule has 3 heterocycles. The van der Waals surface area contributed by atoms with E-state index in [9.17, 15) is 19.5 Å². The van der Waals surface area contributed by atoms with Crippen LogP contribution >= 0.6 is 0 Å². The van der Waals surface area contributed by atoms with E-state index < -0.39 is 52.6 Å². The summed E-state index contributed by atoms with van der Waals surface area (Å²) in [5.74, 6) is -1.85. The zero-order valence-electron chi connectivity index (χ0n) is 22.5. The summed E-state index contributed by atoms with van der Waals surface area (Å²) in [6.45, 7) is 7.69. The molecule has 5 rings (SSSR count). The molecule has 9 nitrogen and oxygen atoms in total. The number of aliphatic hydroxyl groups is 1. The summed E-state index contributed by atoms with van der Waals surface area (Å²) in [6, 6.07) is 0. The maximum atomic E-state index is 13.0. The first kappa shape index (κ1) is 27.2. The molecule has 5 aliphatic rings. The van der Waals surface area contributed by atoms with Crippen LogP contribution in [0.4, 0.5) is 0 Å². The van der Waals surface area contributed by atoms with Crippen molar-refractivity contribution in [3.8, 4) is 0 Å². The number of hydrogen-bond acceptors (Lipinski definition) is 9. The first-order chi connectivity index (χ1) is 18.0. The first-order valence-corrected chi connectivity index (χ1v) is 13.5. The van der Waals surface area contributed by atoms with Crippen molar-refractivity contribution in [2.24, 2.45) is 16.7 Å². The summed E-state index contributed by atoms with van der Waals surface area (Å²) in [4.78, 5) is 38.6. The molecule has 3 unspecified atom stereocenters. The molecule has 2 spiro atoms. The van der Waals surface area contributed by atoms with Crippen molar-refractivity contribution in [2.45, 2.75) is 89.5 Å². The Balaban J connectivity index is 1.50. The predicted molar refractivity (Wildman–Crippen MR) is 135 cm³/mol. The van der Waals surface area contributed by atoms with Gasteiger partial charge in [-0.25, -0.2) is 4.79 Å². The molecule has 208 valence electrons. The second-order valence-corrected chi connectivity index (χ2v) is 11.7. The molecule has 0 aromatic rings. The highest BCUT2D eigenvalue weighted by atomic mass is 16.6. The van der Waals surface area contributed by atoms with Crippen molar-refractivity contribution in [3.05, 3.63) is 36.0 Å². The van der Waals surface area contributed by atoms with Gasteiger partial charge in [-0.05, 0) is 26.7 Å². The lowest BCUT2D eigenvalue weighted by molar-refractivity contribution is -0.233. The van der Waals surface area contributed by atoms with Crippen LogP contribution in [-0.4, -0.2) is 78.8 Å². The lowest BCUT2D eigenvalue weighted by Gasteiger charge is -2.58. The number of cyclic esters (lactones) is 1. The van der Waals surface area contributed by atoms with Gasteiger partial charge in [0.15, 0.2) is 5.78 Å². The number of carbonyl (C=O) groups is 3. The lowest BCUT2D eigenvalue weighted by Crippen LogP contribution is -2.66. The molecule has 38 heavy (non-hydrogen) atoms. The van der Waals surface area contributed by atoms with Crippen LogP contribution in [0.1, 0.15) is 53.4 Å². The van der Waals surface area contributed by atoms with Gasteiger partial charge in [-0.1, -0.05) is 43.7 Å². The van der Waals surface area contributed by atoms with Crippen LogP contribution in [0.2, 0.25) is 0 Å². The van der Waals surface area contributed by atoms with Crippen molar-refractivity contribution in [3.63, 3.8) is 0 Å². The van der Waals surface area contributed by atoms with Gasteiger partial charge in [0.1, 0.15) is 31.0 Å². The maximum Gasteiger partial charge on any atom is 0.331 e. The fourth-order valence-electron chi connectivity index (χ4n) is 6.93. The smallest absolute Gasteiger partial charge is 0.331 e. The van der Waals surface area contributed by atoms with Crippen LogP contribution in [0.15, 0.2) is 36.0 Å². The Kier molecular flexibility index (Phi) is 7.18. The first-order valence-electron chi connectivity index (χ1n) is 13.5. The Morgan fingerprint density at radius 1 is 1.13 bits per heavy atom. The van der Waals surface area contributed by atoms with Crippen molar-refractivity contribution in [2.75, 3.05) is 19.8 Å². The number of Topliss-reactive ketones (excluding diaryl/α,β-unsaturated/α-hetero) is 1. The largest absolute Gasteiger partial charge is 0.465 e. The number of hydrogen-bond donors (Lipinski definition) is 1. The second-order valence-electron chi connectivity index (χ2n) is 11.7. The van der Waals surface area contributed by atoms with Gasteiger partial charge in [-0.2, -0.15) is 0 Å². The van der Waals surface area contributed by atoms with Crippen LogP contribution in [0, 0.1) is 16.7 Å². The maximum absolute atomic E-state index is 13.0. The van der Waals surface area contributed by atoms with Gasteiger partial charge in [-0.3, -0.25) is 9.59 Å². The average molecular weight is 531 g/mol. The summed E-state index contributed by atoms with van der Waals surface area (Å²) < 4.78 is 30.3. The third kappa shape index (κ3) is 4.37. The third-order valence-electron chi connectivity index (χ3n) is 9.53. The topological polar surface area (TPSA) is 121 Å². The van der Waals surface area contributed by atoms with E-state index in [1.165, 1.54) is 17.7 Å². The molecule has 9 atom stereocenters. The van der Waals surface area contributed by atoms with Crippen LogP contribution in [0.25, 0.3) is 0 Å². The summed E-state index contributed by atoms with van der Waals surface area (Å²) in [5, 5.41) is 10.0. The number of ketones is 1. The summed E-state index contributed by atoms with van der Waals surface area (Å²) in [5.41, 5.74) is -0.704. The zero-order valence-corrected chi connectivity index (χ0v) is 22.5. The number of esters is 2. The molecule has 2 saturated heterocycles. The van der Waals surface area contributed by atoms with E-state index in [4.69, 9.17) is 23.7 Å². The SMILES string of the molecule is CC1=C[C@H]2O[C@@H]3C[C@H]4OC(=O)/C=C\C=C/C(C(C)O)OCC(=O)C(C)CC(=O)OC[C@@]2(CC1)[C@]4(C)[C@]31CO1. The Labute approximate surface area is 223 Å². The van der Waals surface area contributed by atoms with E-state index in [1.54, 1.807) is 26.0 Å². The molecule has 0 aromatic carbocycles. The summed E-state index contributed by atoms with van der Waals surface area (Å²) >= 11 is 0. The highest BCUT2D eigenvalue weighted by Gasteiger charge is 2.83. The highest BCUT2D eigenvalue weighted by molar-refractivity contribution is 5.86. The second kappa shape index (κ2) is 10.0. The normalized spacial score (nSPS) is 46.1. The molecule has 1 saturated carbocycles. The van der Waals surface area contributed by atoms with Crippen molar-refractivity contribution in [1.82, 2.24) is 0 Å². The van der Waals surface area contributed by atoms with E-state index in [1.807, 2.05) is 0 Å².